The molecule has 1 aromatic carbocycles. The van der Waals surface area contributed by atoms with Crippen LogP contribution in [0, 0.1) is 0 Å². The van der Waals surface area contributed by atoms with Gasteiger partial charge in [0.1, 0.15) is 5.82 Å². The van der Waals surface area contributed by atoms with E-state index in [0.717, 1.165) is 28.6 Å². The molecule has 2 heterocycles. The van der Waals surface area contributed by atoms with E-state index in [1.54, 1.807) is 13.2 Å². The van der Waals surface area contributed by atoms with Gasteiger partial charge in [-0.3, -0.25) is 4.99 Å². The second-order valence-corrected chi connectivity index (χ2v) is 6.30. The van der Waals surface area contributed by atoms with Crippen molar-refractivity contribution in [3.05, 3.63) is 66.2 Å². The van der Waals surface area contributed by atoms with Crippen molar-refractivity contribution in [1.29, 1.82) is 0 Å². The standard InChI is InChI=1S/C21H26N6O/c1-4-28-20-12-16(10-11-23-20)13-25-21(22-2)27(3)15-19-24-14-18(26-19)17-8-6-5-7-9-17/h5-12,14H,4,13,15H2,1-3H3,(H,22,25)(H,24,26). The third kappa shape index (κ3) is 5.09. The van der Waals surface area contributed by atoms with Gasteiger partial charge in [-0.15, -0.1) is 0 Å². The molecule has 0 fully saturated rings. The predicted octanol–water partition coefficient (Wildman–Crippen LogP) is 3.08. The van der Waals surface area contributed by atoms with E-state index in [4.69, 9.17) is 4.74 Å². The Morgan fingerprint density at radius 3 is 2.79 bits per heavy atom. The normalized spacial score (nSPS) is 11.3. The van der Waals surface area contributed by atoms with E-state index in [9.17, 15) is 0 Å². The highest BCUT2D eigenvalue weighted by molar-refractivity contribution is 5.79. The third-order valence-corrected chi connectivity index (χ3v) is 4.22. The Morgan fingerprint density at radius 1 is 1.21 bits per heavy atom. The van der Waals surface area contributed by atoms with E-state index < -0.39 is 0 Å². The quantitative estimate of drug-likeness (QED) is 0.488. The summed E-state index contributed by atoms with van der Waals surface area (Å²) in [6.45, 7) is 3.80. The molecule has 28 heavy (non-hydrogen) atoms. The highest BCUT2D eigenvalue weighted by atomic mass is 16.5. The maximum atomic E-state index is 5.45. The molecule has 2 aromatic heterocycles. The Balaban J connectivity index is 1.59. The molecule has 0 radical (unpaired) electrons. The van der Waals surface area contributed by atoms with Gasteiger partial charge in [0.15, 0.2) is 5.96 Å². The minimum atomic E-state index is 0.600. The number of aliphatic imine (C=N–C) groups is 1. The summed E-state index contributed by atoms with van der Waals surface area (Å²) in [5.41, 5.74) is 3.21. The number of pyridine rings is 1. The van der Waals surface area contributed by atoms with Crippen molar-refractivity contribution in [2.45, 2.75) is 20.0 Å². The van der Waals surface area contributed by atoms with E-state index in [2.05, 4.69) is 37.4 Å². The monoisotopic (exact) mass is 378 g/mol. The summed E-state index contributed by atoms with van der Waals surface area (Å²) in [5.74, 6) is 2.30. The molecular formula is C21H26N6O. The first-order valence-electron chi connectivity index (χ1n) is 9.28. The number of hydrogen-bond donors (Lipinski definition) is 2. The first-order valence-corrected chi connectivity index (χ1v) is 9.28. The molecule has 0 bridgehead atoms. The van der Waals surface area contributed by atoms with Crippen LogP contribution in [0.25, 0.3) is 11.3 Å². The maximum Gasteiger partial charge on any atom is 0.213 e. The molecule has 0 atom stereocenters. The second kappa shape index (κ2) is 9.55. The molecule has 0 aliphatic rings. The average Bonchev–Trinajstić information content (AvgIpc) is 3.18. The lowest BCUT2D eigenvalue weighted by molar-refractivity contribution is 0.326. The minimum Gasteiger partial charge on any atom is -0.478 e. The molecule has 0 saturated carbocycles. The number of benzene rings is 1. The number of hydrogen-bond acceptors (Lipinski definition) is 4. The number of nitrogens with one attached hydrogen (secondary N) is 2. The van der Waals surface area contributed by atoms with Crippen LogP contribution in [-0.2, 0) is 13.1 Å². The number of ether oxygens (including phenoxy) is 1. The Hall–Kier alpha value is -3.35. The summed E-state index contributed by atoms with van der Waals surface area (Å²) in [7, 11) is 3.76. The Labute approximate surface area is 165 Å². The Bertz CT molecular complexity index is 906. The van der Waals surface area contributed by atoms with E-state index in [1.807, 2.05) is 55.4 Å². The smallest absolute Gasteiger partial charge is 0.213 e. The number of aromatic amines is 1. The van der Waals surface area contributed by atoms with Crippen LogP contribution in [0.3, 0.4) is 0 Å². The van der Waals surface area contributed by atoms with Crippen LogP contribution in [0.15, 0.2) is 59.9 Å². The van der Waals surface area contributed by atoms with Gasteiger partial charge in [-0.2, -0.15) is 0 Å². The first kappa shape index (κ1) is 19.4. The summed E-state index contributed by atoms with van der Waals surface area (Å²) >= 11 is 0. The summed E-state index contributed by atoms with van der Waals surface area (Å²) in [5, 5.41) is 3.36. The number of aromatic nitrogens is 3. The zero-order valence-electron chi connectivity index (χ0n) is 16.5. The zero-order chi connectivity index (χ0) is 19.8. The fourth-order valence-electron chi connectivity index (χ4n) is 2.86. The highest BCUT2D eigenvalue weighted by Gasteiger charge is 2.10. The van der Waals surface area contributed by atoms with E-state index in [-0.39, 0.29) is 0 Å². The van der Waals surface area contributed by atoms with Gasteiger partial charge in [-0.05, 0) is 24.1 Å². The fraction of sp³-hybridized carbons (Fsp3) is 0.286. The van der Waals surface area contributed by atoms with Crippen LogP contribution in [0.4, 0.5) is 0 Å². The number of rotatable bonds is 7. The molecule has 2 N–H and O–H groups in total. The van der Waals surface area contributed by atoms with Crippen LogP contribution in [0.2, 0.25) is 0 Å². The Kier molecular flexibility index (Phi) is 6.62. The van der Waals surface area contributed by atoms with Gasteiger partial charge in [0.25, 0.3) is 0 Å². The van der Waals surface area contributed by atoms with Gasteiger partial charge in [-0.1, -0.05) is 30.3 Å². The molecule has 0 aliphatic carbocycles. The van der Waals surface area contributed by atoms with Gasteiger partial charge in [0.05, 0.1) is 25.0 Å². The van der Waals surface area contributed by atoms with Crippen LogP contribution in [0.1, 0.15) is 18.3 Å². The minimum absolute atomic E-state index is 0.600. The van der Waals surface area contributed by atoms with E-state index in [1.165, 1.54) is 0 Å². The molecule has 7 heteroatoms. The second-order valence-electron chi connectivity index (χ2n) is 6.30. The largest absolute Gasteiger partial charge is 0.478 e. The zero-order valence-corrected chi connectivity index (χ0v) is 16.5. The van der Waals surface area contributed by atoms with Crippen LogP contribution in [-0.4, -0.2) is 46.5 Å². The third-order valence-electron chi connectivity index (χ3n) is 4.22. The molecule has 3 aromatic rings. The van der Waals surface area contributed by atoms with Gasteiger partial charge in [0.2, 0.25) is 5.88 Å². The summed E-state index contributed by atoms with van der Waals surface area (Å²) in [6.07, 6.45) is 3.61. The molecule has 0 aliphatic heterocycles. The van der Waals surface area contributed by atoms with Crippen LogP contribution in [0.5, 0.6) is 5.88 Å². The van der Waals surface area contributed by atoms with Crippen molar-refractivity contribution >= 4 is 5.96 Å². The summed E-state index contributed by atoms with van der Waals surface area (Å²) < 4.78 is 5.45. The van der Waals surface area contributed by atoms with Gasteiger partial charge in [0, 0.05) is 32.9 Å². The summed E-state index contributed by atoms with van der Waals surface area (Å²) in [6, 6.07) is 14.1. The number of guanidine groups is 1. The van der Waals surface area contributed by atoms with E-state index in [0.29, 0.717) is 25.6 Å². The summed E-state index contributed by atoms with van der Waals surface area (Å²) in [4.78, 5) is 18.5. The molecule has 146 valence electrons. The number of imidazole rings is 1. The lowest BCUT2D eigenvalue weighted by Gasteiger charge is -2.21. The molecule has 0 unspecified atom stereocenters. The average molecular weight is 378 g/mol. The predicted molar refractivity (Wildman–Crippen MR) is 111 cm³/mol. The molecule has 3 rings (SSSR count). The van der Waals surface area contributed by atoms with Crippen LogP contribution < -0.4 is 10.1 Å². The van der Waals surface area contributed by atoms with Crippen LogP contribution >= 0.6 is 0 Å². The molecular weight excluding hydrogens is 352 g/mol. The van der Waals surface area contributed by atoms with Crippen molar-refractivity contribution in [2.24, 2.45) is 4.99 Å². The van der Waals surface area contributed by atoms with E-state index >= 15 is 0 Å². The van der Waals surface area contributed by atoms with Crippen molar-refractivity contribution < 1.29 is 4.74 Å². The lowest BCUT2D eigenvalue weighted by Crippen LogP contribution is -2.38. The first-order chi connectivity index (χ1) is 13.7. The fourth-order valence-corrected chi connectivity index (χ4v) is 2.86. The maximum absolute atomic E-state index is 5.45. The highest BCUT2D eigenvalue weighted by Crippen LogP contribution is 2.16. The molecule has 0 spiro atoms. The lowest BCUT2D eigenvalue weighted by atomic mass is 10.2. The van der Waals surface area contributed by atoms with Gasteiger partial charge >= 0.3 is 0 Å². The molecule has 0 saturated heterocycles. The SMILES string of the molecule is CCOc1cc(CNC(=NC)N(C)Cc2ncc(-c3ccccc3)[nH]2)ccn1. The van der Waals surface area contributed by atoms with Crippen molar-refractivity contribution in [3.8, 4) is 17.1 Å². The number of H-pyrrole nitrogens is 1. The Morgan fingerprint density at radius 2 is 2.04 bits per heavy atom. The van der Waals surface area contributed by atoms with Crippen molar-refractivity contribution in [1.82, 2.24) is 25.2 Å². The van der Waals surface area contributed by atoms with Crippen molar-refractivity contribution in [2.75, 3.05) is 20.7 Å². The topological polar surface area (TPSA) is 78.4 Å². The molecule has 0 amide bonds. The molecule has 7 nitrogen and oxygen atoms in total. The van der Waals surface area contributed by atoms with Gasteiger partial charge in [-0.25, -0.2) is 9.97 Å². The van der Waals surface area contributed by atoms with Gasteiger partial charge < -0.3 is 19.9 Å². The van der Waals surface area contributed by atoms with Crippen molar-refractivity contribution in [3.63, 3.8) is 0 Å². The number of nitrogens with zero attached hydrogens (tertiary/aromatic N) is 4.